The average Bonchev–Trinajstić information content (AvgIpc) is 2.69. The molecule has 0 spiro atoms. The second-order valence-electron chi connectivity index (χ2n) is 6.16. The van der Waals surface area contributed by atoms with Crippen molar-refractivity contribution in [2.45, 2.75) is 25.3 Å². The number of pyridine rings is 1. The molecule has 1 unspecified atom stereocenters. The maximum Gasteiger partial charge on any atom is 0.254 e. The fourth-order valence-electron chi connectivity index (χ4n) is 3.07. The Hall–Kier alpha value is -2.38. The second-order valence-corrected chi connectivity index (χ2v) is 6.16. The lowest BCUT2D eigenvalue weighted by molar-refractivity contribution is 0.0849. The zero-order valence-electron chi connectivity index (χ0n) is 14.1. The Balaban J connectivity index is 1.51. The van der Waals surface area contributed by atoms with Gasteiger partial charge in [0.15, 0.2) is 5.82 Å². The summed E-state index contributed by atoms with van der Waals surface area (Å²) in [6, 6.07) is 3.91. The van der Waals surface area contributed by atoms with E-state index >= 15 is 0 Å². The van der Waals surface area contributed by atoms with Gasteiger partial charge >= 0.3 is 0 Å². The summed E-state index contributed by atoms with van der Waals surface area (Å²) >= 11 is 0. The number of likely N-dealkylation sites (tertiary alicyclic amines) is 1. The van der Waals surface area contributed by atoms with Gasteiger partial charge in [-0.05, 0) is 31.5 Å². The number of hydrogen-bond donors (Lipinski definition) is 2. The standard InChI is InChI=1S/C18H23N5O2/c24-13-16-5-1-2-8-23(16)9-7-20-18(25)15-11-21-17(22-12-15)14-4-3-6-19-10-14/h3-4,6,10-12,16,24H,1-2,5,7-9,13H2,(H,20,25). The zero-order chi connectivity index (χ0) is 17.5. The third-order valence-electron chi connectivity index (χ3n) is 4.48. The summed E-state index contributed by atoms with van der Waals surface area (Å²) in [4.78, 5) is 27.0. The number of carbonyl (C=O) groups is 1. The quantitative estimate of drug-likeness (QED) is 0.818. The van der Waals surface area contributed by atoms with Gasteiger partial charge in [-0.15, -0.1) is 0 Å². The van der Waals surface area contributed by atoms with Crippen LogP contribution in [0.25, 0.3) is 11.4 Å². The van der Waals surface area contributed by atoms with E-state index in [1.54, 1.807) is 12.4 Å². The molecular formula is C18H23N5O2. The van der Waals surface area contributed by atoms with E-state index in [0.717, 1.165) is 37.9 Å². The van der Waals surface area contributed by atoms with Crippen LogP contribution < -0.4 is 5.32 Å². The van der Waals surface area contributed by atoms with E-state index < -0.39 is 0 Å². The van der Waals surface area contributed by atoms with Crippen LogP contribution >= 0.6 is 0 Å². The molecule has 0 saturated carbocycles. The first-order chi connectivity index (χ1) is 12.3. The third kappa shape index (κ3) is 4.58. The van der Waals surface area contributed by atoms with Crippen molar-refractivity contribution < 1.29 is 9.90 Å². The van der Waals surface area contributed by atoms with Crippen LogP contribution in [0.3, 0.4) is 0 Å². The van der Waals surface area contributed by atoms with E-state index in [0.29, 0.717) is 17.9 Å². The first-order valence-corrected chi connectivity index (χ1v) is 8.63. The van der Waals surface area contributed by atoms with Gasteiger partial charge in [0.2, 0.25) is 0 Å². The topological polar surface area (TPSA) is 91.2 Å². The molecule has 0 aliphatic carbocycles. The maximum atomic E-state index is 12.2. The van der Waals surface area contributed by atoms with E-state index in [1.807, 2.05) is 12.1 Å². The molecule has 2 N–H and O–H groups in total. The number of aliphatic hydroxyl groups is 1. The second kappa shape index (κ2) is 8.64. The minimum absolute atomic E-state index is 0.178. The number of carbonyl (C=O) groups excluding carboxylic acids is 1. The largest absolute Gasteiger partial charge is 0.395 e. The number of nitrogens with one attached hydrogen (secondary N) is 1. The Morgan fingerprint density at radius 3 is 2.84 bits per heavy atom. The van der Waals surface area contributed by atoms with E-state index in [1.165, 1.54) is 12.4 Å². The molecule has 0 radical (unpaired) electrons. The SMILES string of the molecule is O=C(NCCN1CCCCC1CO)c1cnc(-c2cccnc2)nc1. The lowest BCUT2D eigenvalue weighted by Crippen LogP contribution is -2.45. The highest BCUT2D eigenvalue weighted by Gasteiger charge is 2.21. The van der Waals surface area contributed by atoms with Crippen molar-refractivity contribution in [3.05, 3.63) is 42.5 Å². The number of aliphatic hydroxyl groups excluding tert-OH is 1. The molecule has 1 saturated heterocycles. The van der Waals surface area contributed by atoms with Gasteiger partial charge in [0.05, 0.1) is 12.2 Å². The van der Waals surface area contributed by atoms with Crippen LogP contribution in [0.4, 0.5) is 0 Å². The average molecular weight is 341 g/mol. The van der Waals surface area contributed by atoms with Gasteiger partial charge in [0, 0.05) is 49.5 Å². The van der Waals surface area contributed by atoms with Crippen molar-refractivity contribution in [2.75, 3.05) is 26.2 Å². The maximum absolute atomic E-state index is 12.2. The van der Waals surface area contributed by atoms with Gasteiger partial charge in [-0.2, -0.15) is 0 Å². The Labute approximate surface area is 147 Å². The lowest BCUT2D eigenvalue weighted by atomic mass is 10.0. The normalized spacial score (nSPS) is 18.0. The summed E-state index contributed by atoms with van der Waals surface area (Å²) in [6.07, 6.45) is 9.77. The molecule has 1 fully saturated rings. The molecule has 3 heterocycles. The van der Waals surface area contributed by atoms with E-state index in [9.17, 15) is 9.90 Å². The van der Waals surface area contributed by atoms with Gasteiger partial charge < -0.3 is 10.4 Å². The van der Waals surface area contributed by atoms with E-state index in [-0.39, 0.29) is 18.6 Å². The molecule has 1 atom stereocenters. The van der Waals surface area contributed by atoms with Gasteiger partial charge in [-0.3, -0.25) is 14.7 Å². The summed E-state index contributed by atoms with van der Waals surface area (Å²) in [5.74, 6) is 0.360. The molecule has 0 aromatic carbocycles. The molecule has 1 aliphatic rings. The van der Waals surface area contributed by atoms with E-state index in [2.05, 4.69) is 25.2 Å². The Morgan fingerprint density at radius 1 is 1.28 bits per heavy atom. The minimum atomic E-state index is -0.185. The molecule has 1 amide bonds. The predicted octanol–water partition coefficient (Wildman–Crippen LogP) is 1.12. The fraction of sp³-hybridized carbons (Fsp3) is 0.444. The Kier molecular flexibility index (Phi) is 6.03. The molecule has 7 heteroatoms. The van der Waals surface area contributed by atoms with Crippen molar-refractivity contribution >= 4 is 5.91 Å². The number of rotatable bonds is 6. The minimum Gasteiger partial charge on any atom is -0.395 e. The molecule has 3 rings (SSSR count). The van der Waals surface area contributed by atoms with Crippen molar-refractivity contribution in [1.29, 1.82) is 0 Å². The van der Waals surface area contributed by atoms with Crippen molar-refractivity contribution in [2.24, 2.45) is 0 Å². The molecule has 7 nitrogen and oxygen atoms in total. The molecule has 0 bridgehead atoms. The summed E-state index contributed by atoms with van der Waals surface area (Å²) < 4.78 is 0. The van der Waals surface area contributed by atoms with Gasteiger partial charge in [0.1, 0.15) is 0 Å². The molecular weight excluding hydrogens is 318 g/mol. The number of hydrogen-bond acceptors (Lipinski definition) is 6. The highest BCUT2D eigenvalue weighted by molar-refractivity contribution is 5.93. The van der Waals surface area contributed by atoms with Crippen LogP contribution in [0, 0.1) is 0 Å². The first-order valence-electron chi connectivity index (χ1n) is 8.63. The van der Waals surface area contributed by atoms with Crippen molar-refractivity contribution in [1.82, 2.24) is 25.2 Å². The summed E-state index contributed by atoms with van der Waals surface area (Å²) in [6.45, 7) is 2.44. The highest BCUT2D eigenvalue weighted by Crippen LogP contribution is 2.15. The molecule has 2 aromatic heterocycles. The lowest BCUT2D eigenvalue weighted by Gasteiger charge is -2.34. The molecule has 132 valence electrons. The number of piperidine rings is 1. The van der Waals surface area contributed by atoms with Gasteiger partial charge in [-0.1, -0.05) is 6.42 Å². The first kappa shape index (κ1) is 17.4. The number of amides is 1. The number of nitrogens with zero attached hydrogens (tertiary/aromatic N) is 4. The Morgan fingerprint density at radius 2 is 2.12 bits per heavy atom. The van der Waals surface area contributed by atoms with Crippen molar-refractivity contribution in [3.63, 3.8) is 0 Å². The predicted molar refractivity (Wildman–Crippen MR) is 93.9 cm³/mol. The molecule has 25 heavy (non-hydrogen) atoms. The molecule has 1 aliphatic heterocycles. The van der Waals surface area contributed by atoms with Crippen LogP contribution in [0.2, 0.25) is 0 Å². The zero-order valence-corrected chi connectivity index (χ0v) is 14.1. The fourth-order valence-corrected chi connectivity index (χ4v) is 3.07. The van der Waals surface area contributed by atoms with Crippen LogP contribution in [-0.2, 0) is 0 Å². The monoisotopic (exact) mass is 341 g/mol. The summed E-state index contributed by atoms with van der Waals surface area (Å²) in [5.41, 5.74) is 1.25. The van der Waals surface area contributed by atoms with Gasteiger partial charge in [-0.25, -0.2) is 9.97 Å². The Bertz CT molecular complexity index is 678. The van der Waals surface area contributed by atoms with E-state index in [4.69, 9.17) is 0 Å². The highest BCUT2D eigenvalue weighted by atomic mass is 16.3. The summed E-state index contributed by atoms with van der Waals surface area (Å²) in [7, 11) is 0. The van der Waals surface area contributed by atoms with Crippen LogP contribution in [0.15, 0.2) is 36.9 Å². The van der Waals surface area contributed by atoms with Crippen molar-refractivity contribution in [3.8, 4) is 11.4 Å². The van der Waals surface area contributed by atoms with Crippen LogP contribution in [0.5, 0.6) is 0 Å². The smallest absolute Gasteiger partial charge is 0.254 e. The van der Waals surface area contributed by atoms with Crippen LogP contribution in [0.1, 0.15) is 29.6 Å². The number of aromatic nitrogens is 3. The van der Waals surface area contributed by atoms with Gasteiger partial charge in [0.25, 0.3) is 5.91 Å². The van der Waals surface area contributed by atoms with Crippen LogP contribution in [-0.4, -0.2) is 63.1 Å². The molecule has 2 aromatic rings. The summed E-state index contributed by atoms with van der Waals surface area (Å²) in [5, 5.41) is 12.3. The third-order valence-corrected chi connectivity index (χ3v) is 4.48.